The van der Waals surface area contributed by atoms with E-state index >= 15 is 0 Å². The summed E-state index contributed by atoms with van der Waals surface area (Å²) in [6.07, 6.45) is 2.08. The molecule has 0 radical (unpaired) electrons. The SMILES string of the molecule is CCCS(=O)(=O)N1CCC(c2nc(-c3ccc(F)cc3)n[nH]2)CC1. The third-order valence-corrected chi connectivity index (χ3v) is 6.38. The van der Waals surface area contributed by atoms with E-state index in [-0.39, 0.29) is 17.5 Å². The van der Waals surface area contributed by atoms with Crippen molar-refractivity contribution in [1.29, 1.82) is 0 Å². The van der Waals surface area contributed by atoms with Crippen molar-refractivity contribution in [3.05, 3.63) is 35.9 Å². The van der Waals surface area contributed by atoms with Gasteiger partial charge in [0, 0.05) is 24.6 Å². The number of benzene rings is 1. The highest BCUT2D eigenvalue weighted by atomic mass is 32.2. The number of nitrogens with zero attached hydrogens (tertiary/aromatic N) is 3. The zero-order valence-corrected chi connectivity index (χ0v) is 14.4. The van der Waals surface area contributed by atoms with E-state index in [1.807, 2.05) is 6.92 Å². The molecule has 130 valence electrons. The molecule has 24 heavy (non-hydrogen) atoms. The minimum Gasteiger partial charge on any atom is -0.262 e. The van der Waals surface area contributed by atoms with Crippen molar-refractivity contribution in [2.45, 2.75) is 32.1 Å². The van der Waals surface area contributed by atoms with Crippen LogP contribution in [0.1, 0.15) is 37.9 Å². The Balaban J connectivity index is 1.66. The second kappa shape index (κ2) is 6.98. The summed E-state index contributed by atoms with van der Waals surface area (Å²) in [6.45, 7) is 2.90. The van der Waals surface area contributed by atoms with Gasteiger partial charge in [-0.1, -0.05) is 6.92 Å². The van der Waals surface area contributed by atoms with Crippen LogP contribution in [0.25, 0.3) is 11.4 Å². The van der Waals surface area contributed by atoms with Crippen molar-refractivity contribution < 1.29 is 12.8 Å². The molecule has 1 aliphatic heterocycles. The Hall–Kier alpha value is -1.80. The van der Waals surface area contributed by atoms with Crippen molar-refractivity contribution in [1.82, 2.24) is 19.5 Å². The standard InChI is InChI=1S/C16H21FN4O2S/c1-2-11-24(22,23)21-9-7-13(8-10-21)16-18-15(19-20-16)12-3-5-14(17)6-4-12/h3-6,13H,2,7-11H2,1H3,(H,18,19,20). The number of aromatic amines is 1. The summed E-state index contributed by atoms with van der Waals surface area (Å²) in [5.41, 5.74) is 0.752. The van der Waals surface area contributed by atoms with Crippen molar-refractivity contribution in [2.24, 2.45) is 0 Å². The van der Waals surface area contributed by atoms with Crippen LogP contribution in [0.2, 0.25) is 0 Å². The van der Waals surface area contributed by atoms with Gasteiger partial charge in [0.2, 0.25) is 10.0 Å². The van der Waals surface area contributed by atoms with Crippen LogP contribution in [0.15, 0.2) is 24.3 Å². The van der Waals surface area contributed by atoms with Crippen molar-refractivity contribution in [3.63, 3.8) is 0 Å². The summed E-state index contributed by atoms with van der Waals surface area (Å²) in [5, 5.41) is 7.14. The lowest BCUT2D eigenvalue weighted by Gasteiger charge is -2.30. The van der Waals surface area contributed by atoms with Crippen molar-refractivity contribution in [3.8, 4) is 11.4 Å². The number of hydrogen-bond donors (Lipinski definition) is 1. The largest absolute Gasteiger partial charge is 0.262 e. The molecule has 0 bridgehead atoms. The van der Waals surface area contributed by atoms with E-state index in [0.29, 0.717) is 25.3 Å². The highest BCUT2D eigenvalue weighted by molar-refractivity contribution is 7.89. The van der Waals surface area contributed by atoms with Gasteiger partial charge in [-0.2, -0.15) is 5.10 Å². The molecule has 0 spiro atoms. The molecule has 0 unspecified atom stereocenters. The van der Waals surface area contributed by atoms with Gasteiger partial charge in [-0.3, -0.25) is 5.10 Å². The highest BCUT2D eigenvalue weighted by Crippen LogP contribution is 2.28. The number of aromatic nitrogens is 3. The molecule has 1 aliphatic rings. The van der Waals surface area contributed by atoms with Crippen LogP contribution in [0, 0.1) is 5.82 Å². The van der Waals surface area contributed by atoms with E-state index in [4.69, 9.17) is 0 Å². The van der Waals surface area contributed by atoms with Gasteiger partial charge >= 0.3 is 0 Å². The van der Waals surface area contributed by atoms with E-state index in [1.165, 1.54) is 12.1 Å². The lowest BCUT2D eigenvalue weighted by molar-refractivity contribution is 0.313. The number of nitrogens with one attached hydrogen (secondary N) is 1. The van der Waals surface area contributed by atoms with Gasteiger partial charge < -0.3 is 0 Å². The smallest absolute Gasteiger partial charge is 0.214 e. The average Bonchev–Trinajstić information content (AvgIpc) is 3.05. The van der Waals surface area contributed by atoms with Crippen LogP contribution in [-0.2, 0) is 10.0 Å². The Morgan fingerprint density at radius 2 is 1.92 bits per heavy atom. The van der Waals surface area contributed by atoms with Gasteiger partial charge in [-0.05, 0) is 43.5 Å². The van der Waals surface area contributed by atoms with E-state index in [2.05, 4.69) is 15.2 Å². The molecule has 2 aromatic rings. The van der Waals surface area contributed by atoms with E-state index in [9.17, 15) is 12.8 Å². The van der Waals surface area contributed by atoms with Gasteiger partial charge in [0.1, 0.15) is 11.6 Å². The summed E-state index contributed by atoms with van der Waals surface area (Å²) < 4.78 is 38.8. The number of rotatable bonds is 5. The Labute approximate surface area is 141 Å². The van der Waals surface area contributed by atoms with Gasteiger partial charge in [-0.25, -0.2) is 22.1 Å². The monoisotopic (exact) mass is 352 g/mol. The summed E-state index contributed by atoms with van der Waals surface area (Å²) in [6, 6.07) is 6.04. The third-order valence-electron chi connectivity index (χ3n) is 4.30. The minimum atomic E-state index is -3.13. The van der Waals surface area contributed by atoms with Gasteiger partial charge in [0.15, 0.2) is 5.82 Å². The molecule has 0 amide bonds. The molecule has 1 aromatic heterocycles. The first-order valence-corrected chi connectivity index (χ1v) is 9.76. The van der Waals surface area contributed by atoms with E-state index in [1.54, 1.807) is 16.4 Å². The van der Waals surface area contributed by atoms with Crippen LogP contribution in [0.4, 0.5) is 4.39 Å². The summed E-state index contributed by atoms with van der Waals surface area (Å²) in [4.78, 5) is 4.50. The first kappa shape index (κ1) is 17.0. The molecular weight excluding hydrogens is 331 g/mol. The van der Waals surface area contributed by atoms with Gasteiger partial charge in [0.05, 0.1) is 5.75 Å². The van der Waals surface area contributed by atoms with Crippen LogP contribution in [-0.4, -0.2) is 46.7 Å². The molecular formula is C16H21FN4O2S. The van der Waals surface area contributed by atoms with E-state index in [0.717, 1.165) is 24.2 Å². The molecule has 1 fully saturated rings. The maximum Gasteiger partial charge on any atom is 0.214 e. The predicted molar refractivity (Wildman–Crippen MR) is 89.4 cm³/mol. The van der Waals surface area contributed by atoms with Crippen molar-refractivity contribution in [2.75, 3.05) is 18.8 Å². The fourth-order valence-electron chi connectivity index (χ4n) is 2.98. The number of hydrogen-bond acceptors (Lipinski definition) is 4. The zero-order valence-electron chi connectivity index (χ0n) is 13.6. The van der Waals surface area contributed by atoms with Crippen LogP contribution >= 0.6 is 0 Å². The molecule has 0 aliphatic carbocycles. The fraction of sp³-hybridized carbons (Fsp3) is 0.500. The highest BCUT2D eigenvalue weighted by Gasteiger charge is 2.29. The number of halogens is 1. The fourth-order valence-corrected chi connectivity index (χ4v) is 4.52. The maximum atomic E-state index is 13.0. The first-order chi connectivity index (χ1) is 11.5. The average molecular weight is 352 g/mol. The lowest BCUT2D eigenvalue weighted by Crippen LogP contribution is -2.39. The first-order valence-electron chi connectivity index (χ1n) is 8.15. The van der Waals surface area contributed by atoms with Gasteiger partial charge in [-0.15, -0.1) is 0 Å². The quantitative estimate of drug-likeness (QED) is 0.897. The summed E-state index contributed by atoms with van der Waals surface area (Å²) >= 11 is 0. The zero-order chi connectivity index (χ0) is 17.2. The number of H-pyrrole nitrogens is 1. The molecule has 2 heterocycles. The Morgan fingerprint density at radius 3 is 2.54 bits per heavy atom. The summed E-state index contributed by atoms with van der Waals surface area (Å²) in [7, 11) is -3.13. The number of piperidine rings is 1. The molecule has 0 saturated carbocycles. The third kappa shape index (κ3) is 3.64. The molecule has 0 atom stereocenters. The second-order valence-electron chi connectivity index (χ2n) is 6.04. The number of sulfonamides is 1. The summed E-state index contributed by atoms with van der Waals surface area (Å²) in [5.74, 6) is 1.37. The molecule has 3 rings (SSSR count). The predicted octanol–water partition coefficient (Wildman–Crippen LogP) is 2.53. The normalized spacial score (nSPS) is 17.2. The van der Waals surface area contributed by atoms with Gasteiger partial charge in [0.25, 0.3) is 0 Å². The van der Waals surface area contributed by atoms with Crippen LogP contribution < -0.4 is 0 Å². The molecule has 8 heteroatoms. The topological polar surface area (TPSA) is 79.0 Å². The Bertz CT molecular complexity index is 781. The molecule has 6 nitrogen and oxygen atoms in total. The maximum absolute atomic E-state index is 13.0. The minimum absolute atomic E-state index is 0.166. The Kier molecular flexibility index (Phi) is 4.96. The molecule has 1 saturated heterocycles. The Morgan fingerprint density at radius 1 is 1.25 bits per heavy atom. The molecule has 1 aromatic carbocycles. The van der Waals surface area contributed by atoms with Crippen LogP contribution in [0.5, 0.6) is 0 Å². The van der Waals surface area contributed by atoms with Crippen molar-refractivity contribution >= 4 is 10.0 Å². The molecule has 1 N–H and O–H groups in total. The second-order valence-corrected chi connectivity index (χ2v) is 8.13. The lowest BCUT2D eigenvalue weighted by atomic mass is 9.97. The van der Waals surface area contributed by atoms with Crippen LogP contribution in [0.3, 0.4) is 0 Å². The van der Waals surface area contributed by atoms with E-state index < -0.39 is 10.0 Å².